The van der Waals surface area contributed by atoms with Crippen LogP contribution in [0.1, 0.15) is 24.0 Å². The van der Waals surface area contributed by atoms with Gasteiger partial charge in [0.15, 0.2) is 0 Å². The highest BCUT2D eigenvalue weighted by molar-refractivity contribution is 5.73. The molecule has 1 unspecified atom stereocenters. The van der Waals surface area contributed by atoms with Gasteiger partial charge >= 0.3 is 5.97 Å². The highest BCUT2D eigenvalue weighted by Crippen LogP contribution is 2.30. The number of aliphatic carboxylic acids is 1. The fourth-order valence-electron chi connectivity index (χ4n) is 1.82. The standard InChI is InChI=1S/C14H19NO3/c1-9-2-5-13(18-8-10-3-4-10)11(6-9)7-12(15)14(16)17/h2,5-6,10,12H,3-4,7-8,15H2,1H3,(H,16,17). The van der Waals surface area contributed by atoms with Crippen LogP contribution >= 0.6 is 0 Å². The Morgan fingerprint density at radius 2 is 2.28 bits per heavy atom. The molecule has 1 aliphatic carbocycles. The number of hydrogen-bond donors (Lipinski definition) is 2. The molecule has 3 N–H and O–H groups in total. The predicted octanol–water partition coefficient (Wildman–Crippen LogP) is 1.74. The maximum absolute atomic E-state index is 10.8. The first kappa shape index (κ1) is 12.9. The van der Waals surface area contributed by atoms with Crippen LogP contribution in [-0.2, 0) is 11.2 Å². The number of nitrogens with two attached hydrogens (primary N) is 1. The van der Waals surface area contributed by atoms with Crippen LogP contribution in [0.15, 0.2) is 18.2 Å². The maximum atomic E-state index is 10.8. The topological polar surface area (TPSA) is 72.5 Å². The van der Waals surface area contributed by atoms with Gasteiger partial charge in [0.2, 0.25) is 0 Å². The van der Waals surface area contributed by atoms with Crippen molar-refractivity contribution < 1.29 is 14.6 Å². The van der Waals surface area contributed by atoms with Crippen LogP contribution in [0.5, 0.6) is 5.75 Å². The average molecular weight is 249 g/mol. The van der Waals surface area contributed by atoms with Crippen LogP contribution in [0.4, 0.5) is 0 Å². The van der Waals surface area contributed by atoms with Gasteiger partial charge in [0.25, 0.3) is 0 Å². The van der Waals surface area contributed by atoms with Crippen molar-refractivity contribution in [3.63, 3.8) is 0 Å². The molecule has 4 nitrogen and oxygen atoms in total. The van der Waals surface area contributed by atoms with Gasteiger partial charge in [0.05, 0.1) is 6.61 Å². The number of carbonyl (C=O) groups is 1. The fourth-order valence-corrected chi connectivity index (χ4v) is 1.82. The molecule has 1 atom stereocenters. The zero-order chi connectivity index (χ0) is 13.1. The van der Waals surface area contributed by atoms with E-state index in [2.05, 4.69) is 0 Å². The van der Waals surface area contributed by atoms with Crippen molar-refractivity contribution in [2.75, 3.05) is 6.61 Å². The summed E-state index contributed by atoms with van der Waals surface area (Å²) in [7, 11) is 0. The molecule has 0 aromatic heterocycles. The van der Waals surface area contributed by atoms with E-state index in [0.29, 0.717) is 12.3 Å². The van der Waals surface area contributed by atoms with Gasteiger partial charge < -0.3 is 15.6 Å². The molecule has 98 valence electrons. The fraction of sp³-hybridized carbons (Fsp3) is 0.500. The quantitative estimate of drug-likeness (QED) is 0.805. The molecule has 1 saturated carbocycles. The SMILES string of the molecule is Cc1ccc(OCC2CC2)c(CC(N)C(=O)O)c1. The smallest absolute Gasteiger partial charge is 0.320 e. The summed E-state index contributed by atoms with van der Waals surface area (Å²) in [5, 5.41) is 8.87. The number of hydrogen-bond acceptors (Lipinski definition) is 3. The Kier molecular flexibility index (Phi) is 3.87. The first-order valence-electron chi connectivity index (χ1n) is 6.27. The van der Waals surface area contributed by atoms with E-state index in [1.165, 1.54) is 12.8 Å². The summed E-state index contributed by atoms with van der Waals surface area (Å²) in [6, 6.07) is 4.94. The first-order chi connectivity index (χ1) is 8.56. The van der Waals surface area contributed by atoms with Gasteiger partial charge in [-0.2, -0.15) is 0 Å². The second-order valence-corrected chi connectivity index (χ2v) is 5.01. The summed E-state index contributed by atoms with van der Waals surface area (Å²) in [5.74, 6) is 0.459. The van der Waals surface area contributed by atoms with E-state index in [0.717, 1.165) is 23.5 Å². The number of benzene rings is 1. The second kappa shape index (κ2) is 5.40. The second-order valence-electron chi connectivity index (χ2n) is 5.01. The highest BCUT2D eigenvalue weighted by Gasteiger charge is 2.23. The largest absolute Gasteiger partial charge is 0.493 e. The molecule has 0 spiro atoms. The lowest BCUT2D eigenvalue weighted by molar-refractivity contribution is -0.138. The molecule has 0 bridgehead atoms. The van der Waals surface area contributed by atoms with E-state index in [4.69, 9.17) is 15.6 Å². The van der Waals surface area contributed by atoms with Gasteiger partial charge in [-0.1, -0.05) is 17.7 Å². The number of aryl methyl sites for hydroxylation is 1. The summed E-state index contributed by atoms with van der Waals surface area (Å²) in [6.07, 6.45) is 2.77. The molecule has 0 saturated heterocycles. The van der Waals surface area contributed by atoms with Gasteiger partial charge in [-0.05, 0) is 37.3 Å². The van der Waals surface area contributed by atoms with E-state index >= 15 is 0 Å². The molecule has 0 radical (unpaired) electrons. The third-order valence-electron chi connectivity index (χ3n) is 3.14. The van der Waals surface area contributed by atoms with Crippen LogP contribution in [0.2, 0.25) is 0 Å². The summed E-state index contributed by atoms with van der Waals surface area (Å²) < 4.78 is 5.75. The molecule has 1 aromatic rings. The molecule has 4 heteroatoms. The van der Waals surface area contributed by atoms with Gasteiger partial charge in [-0.3, -0.25) is 4.79 Å². The van der Waals surface area contributed by atoms with Gasteiger partial charge in [-0.25, -0.2) is 0 Å². The van der Waals surface area contributed by atoms with Gasteiger partial charge in [-0.15, -0.1) is 0 Å². The van der Waals surface area contributed by atoms with Crippen molar-refractivity contribution in [3.05, 3.63) is 29.3 Å². The van der Waals surface area contributed by atoms with Crippen LogP contribution in [0.3, 0.4) is 0 Å². The van der Waals surface area contributed by atoms with Crippen molar-refractivity contribution >= 4 is 5.97 Å². The molecule has 18 heavy (non-hydrogen) atoms. The van der Waals surface area contributed by atoms with E-state index in [1.807, 2.05) is 25.1 Å². The Morgan fingerprint density at radius 1 is 1.56 bits per heavy atom. The average Bonchev–Trinajstić information content (AvgIpc) is 3.11. The molecule has 0 aliphatic heterocycles. The monoisotopic (exact) mass is 249 g/mol. The maximum Gasteiger partial charge on any atom is 0.320 e. The Morgan fingerprint density at radius 3 is 2.89 bits per heavy atom. The zero-order valence-electron chi connectivity index (χ0n) is 10.6. The molecular weight excluding hydrogens is 230 g/mol. The number of carboxylic acids is 1. The first-order valence-corrected chi connectivity index (χ1v) is 6.27. The van der Waals surface area contributed by atoms with Gasteiger partial charge in [0, 0.05) is 6.42 Å². The summed E-state index contributed by atoms with van der Waals surface area (Å²) in [6.45, 7) is 2.69. The van der Waals surface area contributed by atoms with Crippen LogP contribution in [-0.4, -0.2) is 23.7 Å². The number of ether oxygens (including phenoxy) is 1. The van der Waals surface area contributed by atoms with Crippen molar-refractivity contribution in [1.82, 2.24) is 0 Å². The third-order valence-corrected chi connectivity index (χ3v) is 3.14. The number of rotatable bonds is 6. The van der Waals surface area contributed by atoms with Crippen molar-refractivity contribution in [2.24, 2.45) is 11.7 Å². The lowest BCUT2D eigenvalue weighted by Gasteiger charge is -2.14. The Balaban J connectivity index is 2.08. The van der Waals surface area contributed by atoms with Gasteiger partial charge in [0.1, 0.15) is 11.8 Å². The van der Waals surface area contributed by atoms with E-state index in [9.17, 15) is 4.79 Å². The minimum absolute atomic E-state index is 0.303. The summed E-state index contributed by atoms with van der Waals surface area (Å²) >= 11 is 0. The minimum atomic E-state index is -0.982. The minimum Gasteiger partial charge on any atom is -0.493 e. The summed E-state index contributed by atoms with van der Waals surface area (Å²) in [5.41, 5.74) is 7.55. The Bertz CT molecular complexity index is 441. The lowest BCUT2D eigenvalue weighted by atomic mass is 10.0. The van der Waals surface area contributed by atoms with E-state index < -0.39 is 12.0 Å². The molecule has 0 amide bonds. The van der Waals surface area contributed by atoms with E-state index in [-0.39, 0.29) is 0 Å². The summed E-state index contributed by atoms with van der Waals surface area (Å²) in [4.78, 5) is 10.8. The molecular formula is C14H19NO3. The van der Waals surface area contributed by atoms with Crippen molar-refractivity contribution in [1.29, 1.82) is 0 Å². The molecule has 1 aromatic carbocycles. The van der Waals surface area contributed by atoms with Crippen LogP contribution < -0.4 is 10.5 Å². The predicted molar refractivity (Wildman–Crippen MR) is 68.7 cm³/mol. The highest BCUT2D eigenvalue weighted by atomic mass is 16.5. The molecule has 1 aliphatic rings. The zero-order valence-corrected chi connectivity index (χ0v) is 10.6. The third kappa shape index (κ3) is 3.47. The van der Waals surface area contributed by atoms with Crippen LogP contribution in [0, 0.1) is 12.8 Å². The molecule has 1 fully saturated rings. The Labute approximate surface area is 107 Å². The van der Waals surface area contributed by atoms with Crippen LogP contribution in [0.25, 0.3) is 0 Å². The van der Waals surface area contributed by atoms with E-state index in [1.54, 1.807) is 0 Å². The molecule has 0 heterocycles. The number of carboxylic acid groups (broad SMARTS) is 1. The lowest BCUT2D eigenvalue weighted by Crippen LogP contribution is -2.32. The Hall–Kier alpha value is -1.55. The van der Waals surface area contributed by atoms with Crippen molar-refractivity contribution in [2.45, 2.75) is 32.2 Å². The van der Waals surface area contributed by atoms with Crippen molar-refractivity contribution in [3.8, 4) is 5.75 Å². The molecule has 2 rings (SSSR count). The normalized spacial score (nSPS) is 16.3.